The third-order valence-corrected chi connectivity index (χ3v) is 6.70. The fraction of sp³-hybridized carbons (Fsp3) is 0.250. The third-order valence-electron chi connectivity index (χ3n) is 6.20. The molecule has 0 aliphatic rings. The fourth-order valence-corrected chi connectivity index (χ4v) is 3.87. The van der Waals surface area contributed by atoms with Crippen LogP contribution in [0.15, 0.2) is 97.1 Å². The van der Waals surface area contributed by atoms with Crippen LogP contribution in [0.1, 0.15) is 62.0 Å². The number of benzene rings is 4. The Balaban J connectivity index is 0.000000219. The summed E-state index contributed by atoms with van der Waals surface area (Å²) in [7, 11) is -1.35. The topological polar surface area (TPSA) is 78.5 Å². The maximum atomic E-state index is 8.74. The molecule has 0 spiro atoms. The molecule has 4 aromatic rings. The lowest BCUT2D eigenvalue weighted by Crippen LogP contribution is -2.29. The molecule has 0 radical (unpaired) electrons. The monoisotopic (exact) mass is 564 g/mol. The molecule has 2 atom stereocenters. The van der Waals surface area contributed by atoms with E-state index in [1.54, 1.807) is 12.1 Å². The molecule has 0 aliphatic heterocycles. The second-order valence-corrected chi connectivity index (χ2v) is 10.1. The molecular formula is C32H39BCl2N2O2. The van der Waals surface area contributed by atoms with E-state index in [-0.39, 0.29) is 12.1 Å². The summed E-state index contributed by atoms with van der Waals surface area (Å²) in [5, 5.41) is 22.5. The zero-order valence-corrected chi connectivity index (χ0v) is 24.6. The maximum absolute atomic E-state index is 8.74. The van der Waals surface area contributed by atoms with Crippen LogP contribution in [0.25, 0.3) is 0 Å². The zero-order chi connectivity index (χ0) is 28.8. The molecule has 4 aromatic carbocycles. The molecule has 0 amide bonds. The van der Waals surface area contributed by atoms with Crippen molar-refractivity contribution in [2.75, 3.05) is 5.32 Å². The Morgan fingerprint density at radius 1 is 0.667 bits per heavy atom. The van der Waals surface area contributed by atoms with Gasteiger partial charge in [-0.15, -0.1) is 0 Å². The summed E-state index contributed by atoms with van der Waals surface area (Å²) in [6, 6.07) is 31.7. The minimum atomic E-state index is -1.35. The van der Waals surface area contributed by atoms with Gasteiger partial charge in [-0.1, -0.05) is 97.7 Å². The average molecular weight is 565 g/mol. The number of nitrogens with one attached hydrogen (secondary N) is 1. The van der Waals surface area contributed by atoms with Crippen molar-refractivity contribution in [2.45, 2.75) is 52.6 Å². The largest absolute Gasteiger partial charge is 0.488 e. The number of hydrogen-bond acceptors (Lipinski definition) is 4. The van der Waals surface area contributed by atoms with Gasteiger partial charge in [0.15, 0.2) is 0 Å². The average Bonchev–Trinajstić information content (AvgIpc) is 2.95. The van der Waals surface area contributed by atoms with E-state index >= 15 is 0 Å². The van der Waals surface area contributed by atoms with Gasteiger partial charge < -0.3 is 21.1 Å². The molecule has 0 bridgehead atoms. The molecule has 0 saturated carbocycles. The highest BCUT2D eigenvalue weighted by Crippen LogP contribution is 2.21. The minimum absolute atomic E-state index is 0.0947. The van der Waals surface area contributed by atoms with Crippen molar-refractivity contribution in [1.29, 1.82) is 0 Å². The Morgan fingerprint density at radius 2 is 1.08 bits per heavy atom. The first-order valence-electron chi connectivity index (χ1n) is 13.2. The van der Waals surface area contributed by atoms with Crippen molar-refractivity contribution in [2.24, 2.45) is 5.73 Å². The molecule has 0 heterocycles. The van der Waals surface area contributed by atoms with Crippen LogP contribution in [0.4, 0.5) is 5.69 Å². The van der Waals surface area contributed by atoms with Gasteiger partial charge in [-0.3, -0.25) is 0 Å². The first kappa shape index (κ1) is 32.4. The molecule has 0 aliphatic carbocycles. The lowest BCUT2D eigenvalue weighted by molar-refractivity contribution is 0.426. The standard InChI is InChI=1S/C16H18ClN.C8H11BO2.C8H10ClN/c1-3-13-4-10-16(11-5-13)18-12(2)14-6-8-15(17)9-7-14;1-2-7-3-5-8(6-4-7)9(10)11;1-6(10)7-2-4-8(9)5-3-7/h4-12,18H,3H2,1-2H3;3-6,10-11H,2H2,1H3;2-6H,10H2,1H3/t12-;;6-/m0.0/s1. The van der Waals surface area contributed by atoms with Crippen LogP contribution in [0, 0.1) is 0 Å². The van der Waals surface area contributed by atoms with Gasteiger partial charge in [-0.25, -0.2) is 0 Å². The molecule has 5 N–H and O–H groups in total. The summed E-state index contributed by atoms with van der Waals surface area (Å²) in [5.41, 5.74) is 12.2. The van der Waals surface area contributed by atoms with E-state index in [0.717, 1.165) is 34.1 Å². The van der Waals surface area contributed by atoms with Crippen molar-refractivity contribution in [1.82, 2.24) is 0 Å². The van der Waals surface area contributed by atoms with Crippen molar-refractivity contribution < 1.29 is 10.0 Å². The fourth-order valence-electron chi connectivity index (χ4n) is 3.61. The van der Waals surface area contributed by atoms with Crippen molar-refractivity contribution in [3.8, 4) is 0 Å². The van der Waals surface area contributed by atoms with Crippen LogP contribution in [0.5, 0.6) is 0 Å². The van der Waals surface area contributed by atoms with Gasteiger partial charge in [0, 0.05) is 27.8 Å². The SMILES string of the molecule is CCc1ccc(B(O)O)cc1.CCc1ccc(N[C@@H](C)c2ccc(Cl)cc2)cc1.C[C@H](N)c1ccc(Cl)cc1. The molecule has 4 nitrogen and oxygen atoms in total. The Labute approximate surface area is 244 Å². The Hall–Kier alpha value is -2.80. The highest BCUT2D eigenvalue weighted by atomic mass is 35.5. The van der Waals surface area contributed by atoms with Gasteiger partial charge in [0.05, 0.1) is 0 Å². The number of hydrogen-bond donors (Lipinski definition) is 4. The molecule has 0 saturated heterocycles. The van der Waals surface area contributed by atoms with Crippen LogP contribution in [-0.2, 0) is 12.8 Å². The molecule has 206 valence electrons. The van der Waals surface area contributed by atoms with E-state index in [1.165, 1.54) is 16.7 Å². The Bertz CT molecular complexity index is 1220. The molecule has 0 fully saturated rings. The lowest BCUT2D eigenvalue weighted by Gasteiger charge is -2.16. The summed E-state index contributed by atoms with van der Waals surface area (Å²) < 4.78 is 0. The number of nitrogens with two attached hydrogens (primary N) is 1. The van der Waals surface area contributed by atoms with Crippen molar-refractivity contribution in [3.05, 3.63) is 129 Å². The molecule has 0 unspecified atom stereocenters. The van der Waals surface area contributed by atoms with Crippen LogP contribution in [0.2, 0.25) is 10.0 Å². The van der Waals surface area contributed by atoms with Crippen molar-refractivity contribution in [3.63, 3.8) is 0 Å². The number of rotatable bonds is 7. The third kappa shape index (κ3) is 11.9. The maximum Gasteiger partial charge on any atom is 0.488 e. The van der Waals surface area contributed by atoms with Crippen molar-refractivity contribution >= 4 is 41.5 Å². The first-order valence-corrected chi connectivity index (χ1v) is 13.9. The van der Waals surface area contributed by atoms with Gasteiger partial charge >= 0.3 is 7.12 Å². The summed E-state index contributed by atoms with van der Waals surface area (Å²) in [5.74, 6) is 0. The van der Waals surface area contributed by atoms with E-state index in [4.69, 9.17) is 39.0 Å². The molecular weight excluding hydrogens is 526 g/mol. The second kappa shape index (κ2) is 17.0. The first-order chi connectivity index (χ1) is 18.6. The summed E-state index contributed by atoms with van der Waals surface area (Å²) in [4.78, 5) is 0. The van der Waals surface area contributed by atoms with E-state index in [1.807, 2.05) is 55.5 Å². The van der Waals surface area contributed by atoms with Crippen LogP contribution in [-0.4, -0.2) is 17.2 Å². The van der Waals surface area contributed by atoms with Gasteiger partial charge in [0.2, 0.25) is 0 Å². The number of aryl methyl sites for hydroxylation is 2. The van der Waals surface area contributed by atoms with Crippen LogP contribution in [0.3, 0.4) is 0 Å². The smallest absolute Gasteiger partial charge is 0.423 e. The van der Waals surface area contributed by atoms with E-state index in [0.29, 0.717) is 5.46 Å². The van der Waals surface area contributed by atoms with E-state index in [9.17, 15) is 0 Å². The molecule has 4 rings (SSSR count). The summed E-state index contributed by atoms with van der Waals surface area (Å²) >= 11 is 11.6. The van der Waals surface area contributed by atoms with Gasteiger partial charge in [0.1, 0.15) is 0 Å². The molecule has 39 heavy (non-hydrogen) atoms. The van der Waals surface area contributed by atoms with Gasteiger partial charge in [-0.05, 0) is 90.8 Å². The minimum Gasteiger partial charge on any atom is -0.423 e. The zero-order valence-electron chi connectivity index (χ0n) is 23.1. The second-order valence-electron chi connectivity index (χ2n) is 9.28. The van der Waals surface area contributed by atoms with E-state index < -0.39 is 7.12 Å². The van der Waals surface area contributed by atoms with Gasteiger partial charge in [0.25, 0.3) is 0 Å². The molecule has 7 heteroatoms. The normalized spacial score (nSPS) is 11.7. The lowest BCUT2D eigenvalue weighted by atomic mass is 9.80. The van der Waals surface area contributed by atoms with E-state index in [2.05, 4.69) is 62.5 Å². The summed E-state index contributed by atoms with van der Waals surface area (Å²) in [6.07, 6.45) is 2.05. The van der Waals surface area contributed by atoms with Crippen LogP contribution >= 0.6 is 23.2 Å². The Morgan fingerprint density at radius 3 is 1.46 bits per heavy atom. The summed E-state index contributed by atoms with van der Waals surface area (Å²) in [6.45, 7) is 8.32. The highest BCUT2D eigenvalue weighted by Gasteiger charge is 2.09. The van der Waals surface area contributed by atoms with Crippen LogP contribution < -0.4 is 16.5 Å². The molecule has 0 aromatic heterocycles. The predicted molar refractivity (Wildman–Crippen MR) is 169 cm³/mol. The predicted octanol–water partition coefficient (Wildman–Crippen LogP) is 7.36. The number of anilines is 1. The number of halogens is 2. The quantitative estimate of drug-likeness (QED) is 0.177. The van der Waals surface area contributed by atoms with Gasteiger partial charge in [-0.2, -0.15) is 0 Å². The Kier molecular flexibility index (Phi) is 14.1. The highest BCUT2D eigenvalue weighted by molar-refractivity contribution is 6.58.